The van der Waals surface area contributed by atoms with Crippen LogP contribution < -0.4 is 5.32 Å². The molecule has 0 spiro atoms. The molecule has 0 radical (unpaired) electrons. The highest BCUT2D eigenvalue weighted by molar-refractivity contribution is 6.07. The predicted octanol–water partition coefficient (Wildman–Crippen LogP) is 4.36. The number of carbonyl (C=O) groups excluding carboxylic acids is 1. The molecule has 154 valence electrons. The number of alkyl halides is 3. The molecule has 0 saturated carbocycles. The fourth-order valence-electron chi connectivity index (χ4n) is 3.01. The Bertz CT molecular complexity index is 1230. The lowest BCUT2D eigenvalue weighted by Crippen LogP contribution is -2.13. The van der Waals surface area contributed by atoms with Crippen molar-refractivity contribution in [2.24, 2.45) is 0 Å². The van der Waals surface area contributed by atoms with Crippen LogP contribution >= 0.6 is 0 Å². The lowest BCUT2D eigenvalue weighted by atomic mass is 10.1. The first-order valence-corrected chi connectivity index (χ1v) is 8.95. The molecule has 0 atom stereocenters. The summed E-state index contributed by atoms with van der Waals surface area (Å²) in [6.07, 6.45) is -3.15. The maximum Gasteiger partial charge on any atom is 0.416 e. The molecule has 7 nitrogen and oxygen atoms in total. The number of carbonyl (C=O) groups is 1. The van der Waals surface area contributed by atoms with E-state index in [-0.39, 0.29) is 17.9 Å². The number of rotatable bonds is 4. The minimum atomic E-state index is -4.40. The van der Waals surface area contributed by atoms with E-state index in [9.17, 15) is 18.0 Å². The zero-order valence-electron chi connectivity index (χ0n) is 16.0. The number of amides is 1. The number of aryl methyl sites for hydroxylation is 2. The van der Waals surface area contributed by atoms with Gasteiger partial charge in [0.2, 0.25) is 0 Å². The van der Waals surface area contributed by atoms with Crippen molar-refractivity contribution in [3.05, 3.63) is 70.7 Å². The lowest BCUT2D eigenvalue weighted by Gasteiger charge is -2.08. The van der Waals surface area contributed by atoms with E-state index in [0.717, 1.165) is 17.8 Å². The second kappa shape index (κ2) is 7.29. The lowest BCUT2D eigenvalue weighted by molar-refractivity contribution is -0.137. The van der Waals surface area contributed by atoms with Crippen molar-refractivity contribution in [1.82, 2.24) is 19.9 Å². The summed E-state index contributed by atoms with van der Waals surface area (Å²) in [5.41, 5.74) is 1.86. The van der Waals surface area contributed by atoms with E-state index in [1.54, 1.807) is 23.7 Å². The second-order valence-electron chi connectivity index (χ2n) is 6.79. The van der Waals surface area contributed by atoms with Gasteiger partial charge in [0, 0.05) is 5.69 Å². The molecular formula is C20H16F3N5O2. The molecule has 0 saturated heterocycles. The van der Waals surface area contributed by atoms with Gasteiger partial charge in [0.15, 0.2) is 11.5 Å². The summed E-state index contributed by atoms with van der Waals surface area (Å²) < 4.78 is 44.7. The van der Waals surface area contributed by atoms with E-state index < -0.39 is 17.6 Å². The number of anilines is 1. The van der Waals surface area contributed by atoms with Crippen molar-refractivity contribution in [3.8, 4) is 0 Å². The van der Waals surface area contributed by atoms with Crippen LogP contribution in [0.2, 0.25) is 0 Å². The number of hydrogen-bond donors (Lipinski definition) is 1. The number of pyridine rings is 1. The number of benzene rings is 1. The number of nitrogens with zero attached hydrogens (tertiary/aromatic N) is 4. The third-order valence-corrected chi connectivity index (χ3v) is 4.57. The standard InChI is InChI=1S/C20H16F3N5O2/c1-11-3-8-15-17(25-19(29)16-10-30-27-12(16)2)26-28(18(15)24-11)9-13-4-6-14(7-5-13)20(21,22)23/h3-8,10H,9H2,1-2H3,(H,25,26,29). The van der Waals surface area contributed by atoms with Crippen LogP contribution in [0.4, 0.5) is 19.0 Å². The highest BCUT2D eigenvalue weighted by atomic mass is 19.4. The van der Waals surface area contributed by atoms with Gasteiger partial charge in [-0.15, -0.1) is 0 Å². The van der Waals surface area contributed by atoms with Gasteiger partial charge in [-0.1, -0.05) is 17.3 Å². The van der Waals surface area contributed by atoms with Gasteiger partial charge < -0.3 is 9.84 Å². The Balaban J connectivity index is 1.67. The molecule has 0 fully saturated rings. The highest BCUT2D eigenvalue weighted by Gasteiger charge is 2.30. The number of nitrogens with one attached hydrogen (secondary N) is 1. The summed E-state index contributed by atoms with van der Waals surface area (Å²) >= 11 is 0. The minimum absolute atomic E-state index is 0.188. The van der Waals surface area contributed by atoms with Crippen molar-refractivity contribution in [2.75, 3.05) is 5.32 Å². The van der Waals surface area contributed by atoms with E-state index >= 15 is 0 Å². The summed E-state index contributed by atoms with van der Waals surface area (Å²) in [5, 5.41) is 11.4. The first-order chi connectivity index (χ1) is 14.2. The van der Waals surface area contributed by atoms with Gasteiger partial charge in [-0.2, -0.15) is 18.3 Å². The quantitative estimate of drug-likeness (QED) is 0.535. The number of fused-ring (bicyclic) bond motifs is 1. The summed E-state index contributed by atoms with van der Waals surface area (Å²) in [7, 11) is 0. The Hall–Kier alpha value is -3.69. The van der Waals surface area contributed by atoms with Crippen LogP contribution in [0, 0.1) is 13.8 Å². The zero-order valence-corrected chi connectivity index (χ0v) is 16.0. The van der Waals surface area contributed by atoms with E-state index in [0.29, 0.717) is 22.3 Å². The smallest absolute Gasteiger partial charge is 0.364 e. The largest absolute Gasteiger partial charge is 0.416 e. The zero-order chi connectivity index (χ0) is 21.5. The molecule has 10 heteroatoms. The van der Waals surface area contributed by atoms with Gasteiger partial charge in [-0.05, 0) is 43.7 Å². The number of halogens is 3. The van der Waals surface area contributed by atoms with E-state index in [1.807, 2.05) is 6.92 Å². The molecule has 0 aliphatic carbocycles. The molecule has 0 bridgehead atoms. The normalized spacial score (nSPS) is 11.8. The fourth-order valence-corrected chi connectivity index (χ4v) is 3.01. The predicted molar refractivity (Wildman–Crippen MR) is 102 cm³/mol. The topological polar surface area (TPSA) is 85.8 Å². The molecule has 1 N–H and O–H groups in total. The highest BCUT2D eigenvalue weighted by Crippen LogP contribution is 2.29. The van der Waals surface area contributed by atoms with Crippen molar-refractivity contribution >= 4 is 22.8 Å². The Kier molecular flexibility index (Phi) is 4.76. The molecule has 1 amide bonds. The second-order valence-corrected chi connectivity index (χ2v) is 6.79. The molecule has 0 aliphatic heterocycles. The number of hydrogen-bond acceptors (Lipinski definition) is 5. The van der Waals surface area contributed by atoms with Crippen LogP contribution in [0.25, 0.3) is 11.0 Å². The SMILES string of the molecule is Cc1ccc2c(NC(=O)c3conc3C)nn(Cc3ccc(C(F)(F)F)cc3)c2n1. The summed E-state index contributed by atoms with van der Waals surface area (Å²) in [4.78, 5) is 17.0. The fraction of sp³-hybridized carbons (Fsp3) is 0.200. The van der Waals surface area contributed by atoms with Gasteiger partial charge in [0.25, 0.3) is 5.91 Å². The van der Waals surface area contributed by atoms with Crippen molar-refractivity contribution < 1.29 is 22.5 Å². The Morgan fingerprint density at radius 2 is 1.87 bits per heavy atom. The third kappa shape index (κ3) is 3.76. The number of aromatic nitrogens is 4. The molecule has 3 heterocycles. The van der Waals surface area contributed by atoms with Gasteiger partial charge in [-0.3, -0.25) is 4.79 Å². The molecule has 0 aliphatic rings. The van der Waals surface area contributed by atoms with Crippen LogP contribution in [0.1, 0.15) is 32.9 Å². The summed E-state index contributed by atoms with van der Waals surface area (Å²) in [6, 6.07) is 8.40. The van der Waals surface area contributed by atoms with Gasteiger partial charge in [0.1, 0.15) is 11.8 Å². The van der Waals surface area contributed by atoms with Crippen LogP contribution in [0.3, 0.4) is 0 Å². The molecule has 0 unspecified atom stereocenters. The molecule has 30 heavy (non-hydrogen) atoms. The van der Waals surface area contributed by atoms with E-state index in [4.69, 9.17) is 4.52 Å². The van der Waals surface area contributed by atoms with Crippen molar-refractivity contribution in [1.29, 1.82) is 0 Å². The van der Waals surface area contributed by atoms with Gasteiger partial charge in [0.05, 0.1) is 23.2 Å². The molecule has 3 aromatic heterocycles. The third-order valence-electron chi connectivity index (χ3n) is 4.57. The average Bonchev–Trinajstić information content (AvgIpc) is 3.25. The molecular weight excluding hydrogens is 399 g/mol. The van der Waals surface area contributed by atoms with Gasteiger partial charge >= 0.3 is 6.18 Å². The molecule has 1 aromatic carbocycles. The Morgan fingerprint density at radius 3 is 2.50 bits per heavy atom. The van der Waals surface area contributed by atoms with Crippen LogP contribution in [0.5, 0.6) is 0 Å². The van der Waals surface area contributed by atoms with Crippen molar-refractivity contribution in [3.63, 3.8) is 0 Å². The van der Waals surface area contributed by atoms with Crippen LogP contribution in [-0.2, 0) is 12.7 Å². The maximum absolute atomic E-state index is 12.8. The summed E-state index contributed by atoms with van der Waals surface area (Å²) in [5.74, 6) is -0.148. The monoisotopic (exact) mass is 415 g/mol. The average molecular weight is 415 g/mol. The Morgan fingerprint density at radius 1 is 1.13 bits per heavy atom. The van der Waals surface area contributed by atoms with Gasteiger partial charge in [-0.25, -0.2) is 9.67 Å². The maximum atomic E-state index is 12.8. The first-order valence-electron chi connectivity index (χ1n) is 8.95. The van der Waals surface area contributed by atoms with Crippen LogP contribution in [0.15, 0.2) is 47.2 Å². The van der Waals surface area contributed by atoms with Crippen LogP contribution in [-0.4, -0.2) is 25.8 Å². The Labute approximate surface area is 168 Å². The van der Waals surface area contributed by atoms with Crippen molar-refractivity contribution in [2.45, 2.75) is 26.6 Å². The molecule has 4 rings (SSSR count). The minimum Gasteiger partial charge on any atom is -0.364 e. The van der Waals surface area contributed by atoms with E-state index in [1.165, 1.54) is 18.4 Å². The van der Waals surface area contributed by atoms with E-state index in [2.05, 4.69) is 20.6 Å². The summed E-state index contributed by atoms with van der Waals surface area (Å²) in [6.45, 7) is 3.64. The molecule has 4 aromatic rings. The first kappa shape index (κ1) is 19.6.